The van der Waals surface area contributed by atoms with Gasteiger partial charge in [0.05, 0.1) is 11.6 Å². The number of carbonyl (C=O) groups excluding carboxylic acids is 2. The third-order valence-electron chi connectivity index (χ3n) is 6.12. The van der Waals surface area contributed by atoms with Crippen LogP contribution in [0.25, 0.3) is 0 Å². The second-order valence-electron chi connectivity index (χ2n) is 8.69. The molecule has 0 spiro atoms. The average molecular weight is 521 g/mol. The number of carbonyl (C=O) groups is 2. The molecule has 1 atom stereocenters. The predicted octanol–water partition coefficient (Wildman–Crippen LogP) is 6.45. The first-order valence-corrected chi connectivity index (χ1v) is 12.4. The van der Waals surface area contributed by atoms with Gasteiger partial charge in [0, 0.05) is 28.0 Å². The van der Waals surface area contributed by atoms with Gasteiger partial charge in [-0.2, -0.15) is 13.2 Å². The minimum Gasteiger partial charge on any atom is -0.330 e. The van der Waals surface area contributed by atoms with Crippen LogP contribution in [0.4, 0.5) is 13.2 Å². The topological polar surface area (TPSA) is 40.6 Å². The molecule has 4 nitrogen and oxygen atoms in total. The van der Waals surface area contributed by atoms with Gasteiger partial charge in [-0.25, -0.2) is 0 Å². The molecule has 2 aromatic carbocycles. The summed E-state index contributed by atoms with van der Waals surface area (Å²) in [6, 6.07) is 12.8. The second-order valence-corrected chi connectivity index (χ2v) is 10.1. The van der Waals surface area contributed by atoms with Crippen LogP contribution in [0.15, 0.2) is 60.0 Å². The van der Waals surface area contributed by atoms with Crippen LogP contribution in [-0.2, 0) is 17.4 Å². The zero-order chi connectivity index (χ0) is 25.3. The number of nitrogens with zero attached hydrogens (tertiary/aromatic N) is 2. The van der Waals surface area contributed by atoms with E-state index < -0.39 is 17.6 Å². The van der Waals surface area contributed by atoms with E-state index >= 15 is 0 Å². The van der Waals surface area contributed by atoms with Crippen molar-refractivity contribution in [2.24, 2.45) is 0 Å². The molecular weight excluding hydrogens is 497 g/mol. The minimum absolute atomic E-state index is 0.104. The van der Waals surface area contributed by atoms with Gasteiger partial charge < -0.3 is 9.80 Å². The predicted molar refractivity (Wildman–Crippen MR) is 131 cm³/mol. The van der Waals surface area contributed by atoms with E-state index in [1.54, 1.807) is 42.2 Å². The Morgan fingerprint density at radius 1 is 1.09 bits per heavy atom. The lowest BCUT2D eigenvalue weighted by molar-refractivity contribution is -0.137. The number of hydrogen-bond acceptors (Lipinski definition) is 3. The van der Waals surface area contributed by atoms with Crippen LogP contribution < -0.4 is 0 Å². The molecule has 2 amide bonds. The van der Waals surface area contributed by atoms with Crippen LogP contribution in [0.5, 0.6) is 0 Å². The maximum absolute atomic E-state index is 13.6. The lowest BCUT2D eigenvalue weighted by atomic mass is 9.93. The highest BCUT2D eigenvalue weighted by Crippen LogP contribution is 2.38. The summed E-state index contributed by atoms with van der Waals surface area (Å²) in [4.78, 5) is 31.1. The Morgan fingerprint density at radius 2 is 1.74 bits per heavy atom. The van der Waals surface area contributed by atoms with Gasteiger partial charge in [0.1, 0.15) is 6.54 Å². The molecule has 4 rings (SSSR count). The van der Waals surface area contributed by atoms with Crippen molar-refractivity contribution in [1.29, 1.82) is 0 Å². The summed E-state index contributed by atoms with van der Waals surface area (Å²) in [6.45, 7) is 3.87. The monoisotopic (exact) mass is 520 g/mol. The number of fused-ring (bicyclic) bond motifs is 1. The number of amides is 2. The average Bonchev–Trinajstić information content (AvgIpc) is 3.30. The van der Waals surface area contributed by atoms with E-state index in [4.69, 9.17) is 11.6 Å². The summed E-state index contributed by atoms with van der Waals surface area (Å²) in [5.74, 6) is -0.714. The highest BCUT2D eigenvalue weighted by atomic mass is 35.5. The van der Waals surface area contributed by atoms with Crippen molar-refractivity contribution in [1.82, 2.24) is 9.80 Å². The van der Waals surface area contributed by atoms with E-state index in [0.717, 1.165) is 41.8 Å². The van der Waals surface area contributed by atoms with Crippen molar-refractivity contribution in [3.8, 4) is 0 Å². The van der Waals surface area contributed by atoms with Crippen molar-refractivity contribution in [2.75, 3.05) is 13.1 Å². The van der Waals surface area contributed by atoms with Crippen molar-refractivity contribution < 1.29 is 22.8 Å². The van der Waals surface area contributed by atoms with E-state index in [0.29, 0.717) is 11.6 Å². The van der Waals surface area contributed by atoms with Crippen LogP contribution >= 0.6 is 22.9 Å². The first-order valence-electron chi connectivity index (χ1n) is 11.2. The van der Waals surface area contributed by atoms with Crippen LogP contribution in [0, 0.1) is 0 Å². The highest BCUT2D eigenvalue weighted by molar-refractivity contribution is 7.10. The number of hydrogen-bond donors (Lipinski definition) is 0. The summed E-state index contributed by atoms with van der Waals surface area (Å²) in [6.07, 6.45) is -3.77. The summed E-state index contributed by atoms with van der Waals surface area (Å²) in [5.41, 5.74) is 1.26. The number of halogens is 4. The quantitative estimate of drug-likeness (QED) is 0.388. The number of rotatable bonds is 5. The van der Waals surface area contributed by atoms with Gasteiger partial charge in [0.15, 0.2) is 0 Å². The molecule has 184 valence electrons. The summed E-state index contributed by atoms with van der Waals surface area (Å²) in [5, 5.41) is 2.61. The maximum Gasteiger partial charge on any atom is 0.416 e. The van der Waals surface area contributed by atoms with Gasteiger partial charge >= 0.3 is 6.18 Å². The van der Waals surface area contributed by atoms with E-state index in [9.17, 15) is 22.8 Å². The molecule has 0 fully saturated rings. The molecule has 0 bridgehead atoms. The molecule has 0 N–H and O–H groups in total. The lowest BCUT2D eigenvalue weighted by Crippen LogP contribution is -2.48. The summed E-state index contributed by atoms with van der Waals surface area (Å²) < 4.78 is 38.7. The van der Waals surface area contributed by atoms with Crippen molar-refractivity contribution >= 4 is 34.8 Å². The Morgan fingerprint density at radius 3 is 2.34 bits per heavy atom. The Hall–Kier alpha value is -2.84. The van der Waals surface area contributed by atoms with Gasteiger partial charge in [0.2, 0.25) is 5.91 Å². The Labute approximate surface area is 210 Å². The Kier molecular flexibility index (Phi) is 7.24. The fourth-order valence-corrected chi connectivity index (χ4v) is 5.31. The van der Waals surface area contributed by atoms with Crippen LogP contribution in [0.1, 0.15) is 51.8 Å². The number of thiophene rings is 1. The molecule has 0 aliphatic carbocycles. The van der Waals surface area contributed by atoms with Crippen molar-refractivity contribution in [2.45, 2.75) is 38.5 Å². The first-order chi connectivity index (χ1) is 16.6. The molecule has 1 aromatic heterocycles. The van der Waals surface area contributed by atoms with Gasteiger partial charge in [0.25, 0.3) is 5.91 Å². The normalized spacial score (nSPS) is 15.7. The largest absolute Gasteiger partial charge is 0.416 e. The van der Waals surface area contributed by atoms with E-state index in [2.05, 4.69) is 0 Å². The van der Waals surface area contributed by atoms with Crippen LogP contribution in [-0.4, -0.2) is 40.7 Å². The van der Waals surface area contributed by atoms with Crippen molar-refractivity contribution in [3.05, 3.63) is 92.1 Å². The third-order valence-corrected chi connectivity index (χ3v) is 7.37. The van der Waals surface area contributed by atoms with Gasteiger partial charge in [-0.3, -0.25) is 9.59 Å². The smallest absolute Gasteiger partial charge is 0.330 e. The summed E-state index contributed by atoms with van der Waals surface area (Å²) in [7, 11) is 0. The van der Waals surface area contributed by atoms with Gasteiger partial charge in [-0.05, 0) is 79.2 Å². The highest BCUT2D eigenvalue weighted by Gasteiger charge is 2.35. The molecule has 0 saturated heterocycles. The molecule has 9 heteroatoms. The molecule has 35 heavy (non-hydrogen) atoms. The van der Waals surface area contributed by atoms with Crippen LogP contribution in [0.2, 0.25) is 5.02 Å². The zero-order valence-electron chi connectivity index (χ0n) is 19.2. The molecule has 1 unspecified atom stereocenters. The second kappa shape index (κ2) is 10.0. The molecule has 2 heterocycles. The molecule has 0 radical (unpaired) electrons. The third kappa shape index (κ3) is 5.38. The number of alkyl halides is 3. The zero-order valence-corrected chi connectivity index (χ0v) is 20.8. The molecule has 1 aliphatic rings. The fourth-order valence-electron chi connectivity index (χ4n) is 4.28. The standard InChI is InChI=1S/C26H24ClF3N2O2S/c1-16(2)32(25(34)18-3-7-19(8-4-18)26(28,29)30)15-23(33)31-13-11-22-21(12-14-35-22)24(31)17-5-9-20(27)10-6-17/h3-10,12,14,16,24H,11,13,15H2,1-2H3. The van der Waals surface area contributed by atoms with Crippen LogP contribution in [0.3, 0.4) is 0 Å². The lowest BCUT2D eigenvalue weighted by Gasteiger charge is -2.38. The maximum atomic E-state index is 13.6. The molecular formula is C26H24ClF3N2O2S. The minimum atomic E-state index is -4.49. The van der Waals surface area contributed by atoms with E-state index in [1.807, 2.05) is 23.6 Å². The van der Waals surface area contributed by atoms with E-state index in [1.165, 1.54) is 9.78 Å². The molecule has 0 saturated carbocycles. The Bertz CT molecular complexity index is 1210. The summed E-state index contributed by atoms with van der Waals surface area (Å²) >= 11 is 7.73. The van der Waals surface area contributed by atoms with Gasteiger partial charge in [-0.15, -0.1) is 11.3 Å². The van der Waals surface area contributed by atoms with Gasteiger partial charge in [-0.1, -0.05) is 23.7 Å². The molecule has 3 aromatic rings. The first kappa shape index (κ1) is 25.3. The SMILES string of the molecule is CC(C)N(CC(=O)N1CCc2sccc2C1c1ccc(Cl)cc1)C(=O)c1ccc(C(F)(F)F)cc1. The van der Waals surface area contributed by atoms with Crippen molar-refractivity contribution in [3.63, 3.8) is 0 Å². The van der Waals surface area contributed by atoms with E-state index in [-0.39, 0.29) is 30.1 Å². The molecule has 1 aliphatic heterocycles. The number of benzene rings is 2. The fraction of sp³-hybridized carbons (Fsp3) is 0.308. The Balaban J connectivity index is 1.59.